The Labute approximate surface area is 123 Å². The molecule has 1 heterocycles. The molecule has 0 aliphatic rings. The number of carbonyl (C=O) groups excluding carboxylic acids is 1. The van der Waals surface area contributed by atoms with Gasteiger partial charge in [-0.1, -0.05) is 24.3 Å². The molecule has 0 fully saturated rings. The van der Waals surface area contributed by atoms with Crippen molar-refractivity contribution >= 4 is 22.5 Å². The van der Waals surface area contributed by atoms with E-state index >= 15 is 0 Å². The summed E-state index contributed by atoms with van der Waals surface area (Å²) in [6, 6.07) is 15.1. The molecule has 0 saturated heterocycles. The predicted octanol–water partition coefficient (Wildman–Crippen LogP) is 3.24. The van der Waals surface area contributed by atoms with Crippen LogP contribution in [0.5, 0.6) is 0 Å². The SMILES string of the molecule is CC(NC(=O)c1cccc2cc[nH]c12)c1ccc(N)cc1. The molecule has 0 bridgehead atoms. The van der Waals surface area contributed by atoms with Crippen molar-refractivity contribution in [2.45, 2.75) is 13.0 Å². The number of nitrogens with one attached hydrogen (secondary N) is 2. The molecule has 0 spiro atoms. The van der Waals surface area contributed by atoms with Gasteiger partial charge in [0.1, 0.15) is 0 Å². The summed E-state index contributed by atoms with van der Waals surface area (Å²) in [5, 5.41) is 4.04. The van der Waals surface area contributed by atoms with Crippen LogP contribution in [-0.2, 0) is 0 Å². The van der Waals surface area contributed by atoms with Crippen LogP contribution in [0.1, 0.15) is 28.9 Å². The van der Waals surface area contributed by atoms with Crippen molar-refractivity contribution in [1.82, 2.24) is 10.3 Å². The number of aromatic amines is 1. The molecule has 21 heavy (non-hydrogen) atoms. The molecule has 1 unspecified atom stereocenters. The Bertz CT molecular complexity index is 774. The first-order valence-electron chi connectivity index (χ1n) is 6.87. The van der Waals surface area contributed by atoms with Crippen molar-refractivity contribution in [2.24, 2.45) is 0 Å². The number of aromatic nitrogens is 1. The second-order valence-electron chi connectivity index (χ2n) is 5.11. The van der Waals surface area contributed by atoms with Crippen molar-refractivity contribution in [3.8, 4) is 0 Å². The molecule has 106 valence electrons. The number of nitrogen functional groups attached to an aromatic ring is 1. The Balaban J connectivity index is 1.83. The summed E-state index contributed by atoms with van der Waals surface area (Å²) in [4.78, 5) is 15.6. The molecule has 0 aliphatic heterocycles. The smallest absolute Gasteiger partial charge is 0.253 e. The monoisotopic (exact) mass is 279 g/mol. The fraction of sp³-hybridized carbons (Fsp3) is 0.118. The highest BCUT2D eigenvalue weighted by Gasteiger charge is 2.14. The number of amides is 1. The quantitative estimate of drug-likeness (QED) is 0.644. The Morgan fingerprint density at radius 2 is 1.90 bits per heavy atom. The van der Waals surface area contributed by atoms with E-state index in [1.54, 1.807) is 0 Å². The van der Waals surface area contributed by atoms with Gasteiger partial charge in [0.05, 0.1) is 17.1 Å². The lowest BCUT2D eigenvalue weighted by Crippen LogP contribution is -2.26. The molecule has 3 aromatic rings. The molecule has 4 nitrogen and oxygen atoms in total. The molecule has 4 N–H and O–H groups in total. The van der Waals surface area contributed by atoms with E-state index in [9.17, 15) is 4.79 Å². The van der Waals surface area contributed by atoms with Gasteiger partial charge in [-0.2, -0.15) is 0 Å². The Morgan fingerprint density at radius 3 is 2.67 bits per heavy atom. The van der Waals surface area contributed by atoms with E-state index in [-0.39, 0.29) is 11.9 Å². The molecule has 0 saturated carbocycles. The zero-order chi connectivity index (χ0) is 14.8. The average Bonchev–Trinajstić information content (AvgIpc) is 2.96. The first kappa shape index (κ1) is 13.2. The lowest BCUT2D eigenvalue weighted by molar-refractivity contribution is 0.0941. The molecule has 1 atom stereocenters. The Hall–Kier alpha value is -2.75. The van der Waals surface area contributed by atoms with Crippen LogP contribution in [0.4, 0.5) is 5.69 Å². The molecule has 2 aromatic carbocycles. The minimum atomic E-state index is -0.0904. The Morgan fingerprint density at radius 1 is 1.14 bits per heavy atom. The first-order valence-corrected chi connectivity index (χ1v) is 6.87. The zero-order valence-corrected chi connectivity index (χ0v) is 11.8. The summed E-state index contributed by atoms with van der Waals surface area (Å²) in [6.45, 7) is 1.96. The number of anilines is 1. The fourth-order valence-electron chi connectivity index (χ4n) is 2.42. The molecule has 1 amide bonds. The number of hydrogen-bond donors (Lipinski definition) is 3. The summed E-state index contributed by atoms with van der Waals surface area (Å²) in [6.07, 6.45) is 1.84. The third-order valence-electron chi connectivity index (χ3n) is 3.62. The maximum atomic E-state index is 12.5. The van der Waals surface area contributed by atoms with Gasteiger partial charge in [-0.15, -0.1) is 0 Å². The highest BCUT2D eigenvalue weighted by atomic mass is 16.1. The van der Waals surface area contributed by atoms with Crippen molar-refractivity contribution in [3.63, 3.8) is 0 Å². The fourth-order valence-corrected chi connectivity index (χ4v) is 2.42. The van der Waals surface area contributed by atoms with Gasteiger partial charge in [-0.05, 0) is 36.8 Å². The number of carbonyl (C=O) groups is 1. The van der Waals surface area contributed by atoms with Crippen LogP contribution in [0.15, 0.2) is 54.7 Å². The summed E-state index contributed by atoms with van der Waals surface area (Å²) in [5.74, 6) is -0.0904. The number of benzene rings is 2. The highest BCUT2D eigenvalue weighted by molar-refractivity contribution is 6.05. The predicted molar refractivity (Wildman–Crippen MR) is 85.0 cm³/mol. The van der Waals surface area contributed by atoms with Crippen LogP contribution in [-0.4, -0.2) is 10.9 Å². The minimum absolute atomic E-state index is 0.0803. The second kappa shape index (κ2) is 5.32. The topological polar surface area (TPSA) is 70.9 Å². The summed E-state index contributed by atoms with van der Waals surface area (Å²) in [5.41, 5.74) is 8.93. The van der Waals surface area contributed by atoms with E-state index in [0.29, 0.717) is 11.3 Å². The molecule has 0 radical (unpaired) electrons. The van der Waals surface area contributed by atoms with E-state index in [2.05, 4.69) is 10.3 Å². The van der Waals surface area contributed by atoms with Gasteiger partial charge >= 0.3 is 0 Å². The largest absolute Gasteiger partial charge is 0.399 e. The standard InChI is InChI=1S/C17H17N3O/c1-11(12-5-7-14(18)8-6-12)20-17(21)15-4-2-3-13-9-10-19-16(13)15/h2-11,19H,18H2,1H3,(H,20,21). The van der Waals surface area contributed by atoms with Crippen LogP contribution in [0.25, 0.3) is 10.9 Å². The second-order valence-corrected chi connectivity index (χ2v) is 5.11. The van der Waals surface area contributed by atoms with Crippen LogP contribution < -0.4 is 11.1 Å². The van der Waals surface area contributed by atoms with Crippen molar-refractivity contribution in [1.29, 1.82) is 0 Å². The van der Waals surface area contributed by atoms with Gasteiger partial charge in [0, 0.05) is 17.3 Å². The molecule has 4 heteroatoms. The number of H-pyrrole nitrogens is 1. The maximum Gasteiger partial charge on any atom is 0.253 e. The lowest BCUT2D eigenvalue weighted by atomic mass is 10.1. The first-order chi connectivity index (χ1) is 10.1. The number of fused-ring (bicyclic) bond motifs is 1. The molecular formula is C17H17N3O. The van der Waals surface area contributed by atoms with E-state index in [1.165, 1.54) is 0 Å². The van der Waals surface area contributed by atoms with Gasteiger partial charge in [0.15, 0.2) is 0 Å². The van der Waals surface area contributed by atoms with Gasteiger partial charge in [-0.25, -0.2) is 0 Å². The van der Waals surface area contributed by atoms with E-state index in [1.807, 2.05) is 61.7 Å². The minimum Gasteiger partial charge on any atom is -0.399 e. The van der Waals surface area contributed by atoms with E-state index < -0.39 is 0 Å². The van der Waals surface area contributed by atoms with Gasteiger partial charge in [0.25, 0.3) is 5.91 Å². The average molecular weight is 279 g/mol. The van der Waals surface area contributed by atoms with E-state index in [4.69, 9.17) is 5.73 Å². The van der Waals surface area contributed by atoms with Crippen LogP contribution in [0, 0.1) is 0 Å². The molecular weight excluding hydrogens is 262 g/mol. The summed E-state index contributed by atoms with van der Waals surface area (Å²) < 4.78 is 0. The van der Waals surface area contributed by atoms with Crippen molar-refractivity contribution in [2.75, 3.05) is 5.73 Å². The molecule has 1 aromatic heterocycles. The number of rotatable bonds is 3. The van der Waals surface area contributed by atoms with Crippen LogP contribution >= 0.6 is 0 Å². The Kier molecular flexibility index (Phi) is 3.36. The van der Waals surface area contributed by atoms with Crippen LogP contribution in [0.3, 0.4) is 0 Å². The van der Waals surface area contributed by atoms with Crippen molar-refractivity contribution in [3.05, 3.63) is 65.9 Å². The zero-order valence-electron chi connectivity index (χ0n) is 11.8. The number of para-hydroxylation sites is 1. The van der Waals surface area contributed by atoms with Crippen molar-refractivity contribution < 1.29 is 4.79 Å². The van der Waals surface area contributed by atoms with Crippen LogP contribution in [0.2, 0.25) is 0 Å². The highest BCUT2D eigenvalue weighted by Crippen LogP contribution is 2.19. The third kappa shape index (κ3) is 2.60. The van der Waals surface area contributed by atoms with Gasteiger partial charge < -0.3 is 16.0 Å². The lowest BCUT2D eigenvalue weighted by Gasteiger charge is -2.15. The maximum absolute atomic E-state index is 12.5. The van der Waals surface area contributed by atoms with Gasteiger partial charge in [-0.3, -0.25) is 4.79 Å². The van der Waals surface area contributed by atoms with E-state index in [0.717, 1.165) is 16.5 Å². The van der Waals surface area contributed by atoms with Gasteiger partial charge in [0.2, 0.25) is 0 Å². The number of hydrogen-bond acceptors (Lipinski definition) is 2. The molecule has 3 rings (SSSR count). The summed E-state index contributed by atoms with van der Waals surface area (Å²) >= 11 is 0. The molecule has 0 aliphatic carbocycles. The number of nitrogens with two attached hydrogens (primary N) is 1. The third-order valence-corrected chi connectivity index (χ3v) is 3.62. The normalized spacial score (nSPS) is 12.2. The summed E-state index contributed by atoms with van der Waals surface area (Å²) in [7, 11) is 0.